The van der Waals surface area contributed by atoms with Gasteiger partial charge in [0.05, 0.1) is 10.2 Å². The number of nitrogens with one attached hydrogen (secondary N) is 1. The fraction of sp³-hybridized carbons (Fsp3) is 0.176. The maximum absolute atomic E-state index is 12.7. The first-order chi connectivity index (χ1) is 10.9. The number of halogens is 2. The standard InChI is InChI=1S/C17H15Br2N3O/c1-9-6-14(19)16-20-11(3)15(22(16)8-9)17(23)21-12-4-5-13(18)10(2)7-12/h4-8H,1-3H3,(H,21,23). The number of carbonyl (C=O) groups is 1. The Morgan fingerprint density at radius 2 is 1.87 bits per heavy atom. The molecule has 2 heterocycles. The van der Waals surface area contributed by atoms with E-state index in [1.54, 1.807) is 0 Å². The topological polar surface area (TPSA) is 46.4 Å². The van der Waals surface area contributed by atoms with Crippen LogP contribution in [0.1, 0.15) is 27.3 Å². The van der Waals surface area contributed by atoms with Crippen molar-refractivity contribution in [3.05, 3.63) is 61.9 Å². The van der Waals surface area contributed by atoms with Crippen molar-refractivity contribution < 1.29 is 4.79 Å². The van der Waals surface area contributed by atoms with E-state index in [1.165, 1.54) is 0 Å². The molecule has 1 amide bonds. The van der Waals surface area contributed by atoms with E-state index in [2.05, 4.69) is 42.2 Å². The lowest BCUT2D eigenvalue weighted by Crippen LogP contribution is -2.15. The van der Waals surface area contributed by atoms with Crippen LogP contribution in [0.5, 0.6) is 0 Å². The third-order valence-corrected chi connectivity index (χ3v) is 5.09. The Morgan fingerprint density at radius 3 is 2.57 bits per heavy atom. The molecule has 4 nitrogen and oxygen atoms in total. The van der Waals surface area contributed by atoms with Crippen molar-refractivity contribution in [2.24, 2.45) is 0 Å². The van der Waals surface area contributed by atoms with Crippen molar-refractivity contribution in [2.45, 2.75) is 20.8 Å². The fourth-order valence-corrected chi connectivity index (χ4v) is 3.42. The van der Waals surface area contributed by atoms with Crippen LogP contribution in [0.4, 0.5) is 5.69 Å². The van der Waals surface area contributed by atoms with Gasteiger partial charge < -0.3 is 5.32 Å². The number of carbonyl (C=O) groups excluding carboxylic acids is 1. The Morgan fingerprint density at radius 1 is 1.13 bits per heavy atom. The molecule has 1 N–H and O–H groups in total. The summed E-state index contributed by atoms with van der Waals surface area (Å²) in [6.07, 6.45) is 1.92. The molecule has 1 aromatic carbocycles. The summed E-state index contributed by atoms with van der Waals surface area (Å²) in [4.78, 5) is 17.2. The molecule has 0 radical (unpaired) electrons. The second-order valence-electron chi connectivity index (χ2n) is 5.52. The molecule has 3 rings (SSSR count). The Bertz CT molecular complexity index is 931. The lowest BCUT2D eigenvalue weighted by atomic mass is 10.2. The highest BCUT2D eigenvalue weighted by molar-refractivity contribution is 9.11. The van der Waals surface area contributed by atoms with E-state index in [4.69, 9.17) is 0 Å². The molecule has 0 aliphatic heterocycles. The van der Waals surface area contributed by atoms with Crippen molar-refractivity contribution in [1.82, 2.24) is 9.38 Å². The van der Waals surface area contributed by atoms with Crippen LogP contribution in [0.2, 0.25) is 0 Å². The number of fused-ring (bicyclic) bond motifs is 1. The largest absolute Gasteiger partial charge is 0.321 e. The Kier molecular flexibility index (Phi) is 4.29. The lowest BCUT2D eigenvalue weighted by Gasteiger charge is -2.08. The zero-order valence-electron chi connectivity index (χ0n) is 12.9. The predicted octanol–water partition coefficient (Wildman–Crippen LogP) is 5.04. The van der Waals surface area contributed by atoms with Gasteiger partial charge in [-0.2, -0.15) is 0 Å². The lowest BCUT2D eigenvalue weighted by molar-refractivity contribution is 0.102. The minimum Gasteiger partial charge on any atom is -0.321 e. The van der Waals surface area contributed by atoms with Crippen LogP contribution in [0.25, 0.3) is 5.65 Å². The third-order valence-electron chi connectivity index (χ3n) is 3.62. The molecule has 0 aliphatic carbocycles. The zero-order chi connectivity index (χ0) is 16.7. The molecule has 118 valence electrons. The number of aromatic nitrogens is 2. The molecule has 0 saturated heterocycles. The van der Waals surface area contributed by atoms with E-state index < -0.39 is 0 Å². The number of pyridine rings is 1. The smallest absolute Gasteiger partial charge is 0.274 e. The number of amides is 1. The third kappa shape index (κ3) is 3.05. The number of anilines is 1. The second-order valence-corrected chi connectivity index (χ2v) is 7.23. The van der Waals surface area contributed by atoms with Gasteiger partial charge >= 0.3 is 0 Å². The number of imidazole rings is 1. The molecule has 6 heteroatoms. The van der Waals surface area contributed by atoms with E-state index >= 15 is 0 Å². The summed E-state index contributed by atoms with van der Waals surface area (Å²) >= 11 is 6.97. The number of hydrogen-bond donors (Lipinski definition) is 1. The highest BCUT2D eigenvalue weighted by Gasteiger charge is 2.18. The van der Waals surface area contributed by atoms with Crippen LogP contribution in [0.15, 0.2) is 39.4 Å². The van der Waals surface area contributed by atoms with Crippen molar-refractivity contribution in [3.63, 3.8) is 0 Å². The fourth-order valence-electron chi connectivity index (χ4n) is 2.53. The average molecular weight is 437 g/mol. The molecule has 0 saturated carbocycles. The Balaban J connectivity index is 2.04. The minimum absolute atomic E-state index is 0.172. The summed E-state index contributed by atoms with van der Waals surface area (Å²) in [5.74, 6) is -0.172. The Hall–Kier alpha value is -1.66. The molecule has 0 aliphatic rings. The average Bonchev–Trinajstić information content (AvgIpc) is 2.79. The van der Waals surface area contributed by atoms with Gasteiger partial charge in [0.2, 0.25) is 0 Å². The number of hydrogen-bond acceptors (Lipinski definition) is 2. The molecule has 23 heavy (non-hydrogen) atoms. The van der Waals surface area contributed by atoms with Gasteiger partial charge in [-0.1, -0.05) is 15.9 Å². The maximum Gasteiger partial charge on any atom is 0.274 e. The molecule has 3 aromatic rings. The van der Waals surface area contributed by atoms with Crippen LogP contribution in [0, 0.1) is 20.8 Å². The van der Waals surface area contributed by atoms with E-state index in [1.807, 2.05) is 55.6 Å². The quantitative estimate of drug-likeness (QED) is 0.611. The SMILES string of the molecule is Cc1cc(Br)c2nc(C)c(C(=O)Nc3ccc(Br)c(C)c3)n2c1. The molecule has 2 aromatic heterocycles. The monoisotopic (exact) mass is 435 g/mol. The van der Waals surface area contributed by atoms with Crippen molar-refractivity contribution in [3.8, 4) is 0 Å². The minimum atomic E-state index is -0.172. The summed E-state index contributed by atoms with van der Waals surface area (Å²) in [5, 5.41) is 2.95. The molecule has 0 unspecified atom stereocenters. The summed E-state index contributed by atoms with van der Waals surface area (Å²) in [6, 6.07) is 7.71. The summed E-state index contributed by atoms with van der Waals surface area (Å²) in [7, 11) is 0. The molecular weight excluding hydrogens is 422 g/mol. The van der Waals surface area contributed by atoms with Crippen LogP contribution < -0.4 is 5.32 Å². The first-order valence-electron chi connectivity index (χ1n) is 7.09. The molecular formula is C17H15Br2N3O. The van der Waals surface area contributed by atoms with E-state index in [0.717, 1.165) is 31.4 Å². The van der Waals surface area contributed by atoms with Gasteiger partial charge in [-0.15, -0.1) is 0 Å². The van der Waals surface area contributed by atoms with Crippen molar-refractivity contribution in [1.29, 1.82) is 0 Å². The number of rotatable bonds is 2. The Labute approximate surface area is 151 Å². The number of aryl methyl sites for hydroxylation is 3. The highest BCUT2D eigenvalue weighted by Crippen LogP contribution is 2.24. The second kappa shape index (κ2) is 6.09. The summed E-state index contributed by atoms with van der Waals surface area (Å²) in [6.45, 7) is 5.81. The van der Waals surface area contributed by atoms with Gasteiger partial charge in [-0.3, -0.25) is 9.20 Å². The van der Waals surface area contributed by atoms with Gasteiger partial charge in [0.15, 0.2) is 5.65 Å². The van der Waals surface area contributed by atoms with Crippen LogP contribution >= 0.6 is 31.9 Å². The van der Waals surface area contributed by atoms with Crippen molar-refractivity contribution >= 4 is 49.1 Å². The summed E-state index contributed by atoms with van der Waals surface area (Å²) in [5.41, 5.74) is 4.86. The molecule has 0 atom stereocenters. The van der Waals surface area contributed by atoms with Crippen LogP contribution in [0.3, 0.4) is 0 Å². The van der Waals surface area contributed by atoms with E-state index in [9.17, 15) is 4.79 Å². The van der Waals surface area contributed by atoms with Gasteiger partial charge in [0.1, 0.15) is 5.69 Å². The van der Waals surface area contributed by atoms with E-state index in [0.29, 0.717) is 11.4 Å². The first kappa shape index (κ1) is 16.2. The number of benzene rings is 1. The summed E-state index contributed by atoms with van der Waals surface area (Å²) < 4.78 is 3.72. The molecule has 0 spiro atoms. The normalized spacial score (nSPS) is 11.0. The van der Waals surface area contributed by atoms with Gasteiger partial charge in [-0.25, -0.2) is 4.98 Å². The van der Waals surface area contributed by atoms with E-state index in [-0.39, 0.29) is 5.91 Å². The highest BCUT2D eigenvalue weighted by atomic mass is 79.9. The molecule has 0 fully saturated rings. The van der Waals surface area contributed by atoms with Gasteiger partial charge in [0.25, 0.3) is 5.91 Å². The van der Waals surface area contributed by atoms with Crippen molar-refractivity contribution in [2.75, 3.05) is 5.32 Å². The molecule has 0 bridgehead atoms. The zero-order valence-corrected chi connectivity index (χ0v) is 16.1. The van der Waals surface area contributed by atoms with Crippen LogP contribution in [-0.2, 0) is 0 Å². The predicted molar refractivity (Wildman–Crippen MR) is 99.2 cm³/mol. The first-order valence-corrected chi connectivity index (χ1v) is 8.67. The number of nitrogens with zero attached hydrogens (tertiary/aromatic N) is 2. The van der Waals surface area contributed by atoms with Gasteiger partial charge in [-0.05, 0) is 72.1 Å². The maximum atomic E-state index is 12.7. The van der Waals surface area contributed by atoms with Crippen LogP contribution in [-0.4, -0.2) is 15.3 Å². The van der Waals surface area contributed by atoms with Gasteiger partial charge in [0, 0.05) is 16.4 Å².